The first-order chi connectivity index (χ1) is 13.9. The Bertz CT molecular complexity index is 916. The molecular weight excluding hydrogens is 426 g/mol. The second-order valence-electron chi connectivity index (χ2n) is 6.67. The molecule has 0 aliphatic carbocycles. The molecule has 0 aromatic carbocycles. The predicted molar refractivity (Wildman–Crippen MR) is 86.9 cm³/mol. The first-order valence-electron chi connectivity index (χ1n) is 8.67. The van der Waals surface area contributed by atoms with E-state index in [1.807, 2.05) is 0 Å². The Kier molecular flexibility index (Phi) is 5.58. The summed E-state index contributed by atoms with van der Waals surface area (Å²) in [7, 11) is 0. The van der Waals surface area contributed by atoms with Crippen molar-refractivity contribution < 1.29 is 45.7 Å². The lowest BCUT2D eigenvalue weighted by atomic mass is 9.91. The molecule has 3 heterocycles. The molecule has 0 radical (unpaired) electrons. The number of ether oxygens (including phenoxy) is 1. The number of aromatic nitrogens is 3. The molecule has 1 aliphatic heterocycles. The van der Waals surface area contributed by atoms with E-state index in [1.54, 1.807) is 0 Å². The number of nitrogen functional groups attached to an aromatic ring is 1. The van der Waals surface area contributed by atoms with Crippen LogP contribution in [0.15, 0.2) is 10.5 Å². The third-order valence-electron chi connectivity index (χ3n) is 4.55. The van der Waals surface area contributed by atoms with Gasteiger partial charge in [0.15, 0.2) is 5.69 Å². The van der Waals surface area contributed by atoms with Gasteiger partial charge in [-0.15, -0.1) is 10.2 Å². The van der Waals surface area contributed by atoms with Crippen molar-refractivity contribution in [2.24, 2.45) is 0 Å². The first-order valence-corrected chi connectivity index (χ1v) is 8.67. The van der Waals surface area contributed by atoms with Gasteiger partial charge in [0.25, 0.3) is 17.4 Å². The molecule has 166 valence electrons. The first kappa shape index (κ1) is 22.1. The van der Waals surface area contributed by atoms with Crippen molar-refractivity contribution in [3.8, 4) is 17.5 Å². The van der Waals surface area contributed by atoms with Crippen LogP contribution < -0.4 is 10.5 Å². The molecule has 0 saturated heterocycles. The third kappa shape index (κ3) is 3.88. The fourth-order valence-electron chi connectivity index (χ4n) is 2.92. The van der Waals surface area contributed by atoms with Gasteiger partial charge in [0.2, 0.25) is 5.88 Å². The van der Waals surface area contributed by atoms with Crippen molar-refractivity contribution in [2.45, 2.75) is 49.7 Å². The summed E-state index contributed by atoms with van der Waals surface area (Å²) in [5.74, 6) is -3.03. The van der Waals surface area contributed by atoms with E-state index in [0.29, 0.717) is 6.07 Å². The molecular formula is C16H16F6N4O4. The van der Waals surface area contributed by atoms with E-state index in [9.17, 15) is 36.6 Å². The number of aliphatic hydroxyl groups excluding tert-OH is 1. The van der Waals surface area contributed by atoms with Crippen LogP contribution in [0.1, 0.15) is 37.1 Å². The Balaban J connectivity index is 2.18. The quantitative estimate of drug-likeness (QED) is 0.532. The molecule has 3 rings (SSSR count). The number of nitrogens with zero attached hydrogens (tertiary/aromatic N) is 3. The SMILES string of the molecule is Nc1cc(C(F)(F)F)c2nc1-c1nnc(o1)C(O)(C(F)(F)F)C(O)CCCCCO2. The maximum Gasteiger partial charge on any atom is 0.428 e. The number of hydrogen-bond acceptors (Lipinski definition) is 8. The van der Waals surface area contributed by atoms with Crippen LogP contribution in [0.4, 0.5) is 32.0 Å². The van der Waals surface area contributed by atoms with Crippen LogP contribution in [0.3, 0.4) is 0 Å². The molecule has 0 spiro atoms. The monoisotopic (exact) mass is 442 g/mol. The largest absolute Gasteiger partial charge is 0.477 e. The molecule has 14 heteroatoms. The van der Waals surface area contributed by atoms with Crippen LogP contribution in [-0.2, 0) is 11.8 Å². The smallest absolute Gasteiger partial charge is 0.428 e. The number of nitrogens with two attached hydrogens (primary N) is 1. The summed E-state index contributed by atoms with van der Waals surface area (Å²) in [6.07, 6.45) is -12.7. The van der Waals surface area contributed by atoms with Crippen molar-refractivity contribution in [3.63, 3.8) is 0 Å². The number of halogens is 6. The number of anilines is 1. The Hall–Kier alpha value is -2.61. The van der Waals surface area contributed by atoms with Crippen molar-refractivity contribution >= 4 is 5.69 Å². The van der Waals surface area contributed by atoms with Gasteiger partial charge in [-0.1, -0.05) is 6.42 Å². The van der Waals surface area contributed by atoms with Gasteiger partial charge in [-0.25, -0.2) is 4.98 Å². The standard InChI is InChI=1S/C16H16F6N4O4/c17-15(18,19)7-6-8(23)10-12-25-26-13(30-12)14(28,16(20,21)22)9(27)4-2-1-3-5-29-11(7)24-10/h6,9,27-28H,1-5,23H2. The molecule has 30 heavy (non-hydrogen) atoms. The minimum atomic E-state index is -5.39. The minimum Gasteiger partial charge on any atom is -0.477 e. The lowest BCUT2D eigenvalue weighted by molar-refractivity contribution is -0.306. The number of aliphatic hydroxyl groups is 2. The van der Waals surface area contributed by atoms with E-state index in [1.165, 1.54) is 0 Å². The molecule has 2 unspecified atom stereocenters. The van der Waals surface area contributed by atoms with Crippen molar-refractivity contribution in [1.82, 2.24) is 15.2 Å². The summed E-state index contributed by atoms with van der Waals surface area (Å²) in [6.45, 7) is -0.228. The highest BCUT2D eigenvalue weighted by atomic mass is 19.4. The fraction of sp³-hybridized carbons (Fsp3) is 0.562. The molecule has 2 atom stereocenters. The average molecular weight is 442 g/mol. The van der Waals surface area contributed by atoms with Gasteiger partial charge in [-0.3, -0.25) is 0 Å². The Morgan fingerprint density at radius 3 is 2.43 bits per heavy atom. The molecule has 0 saturated carbocycles. The van der Waals surface area contributed by atoms with Gasteiger partial charge in [-0.2, -0.15) is 26.3 Å². The van der Waals surface area contributed by atoms with Gasteiger partial charge in [0, 0.05) is 0 Å². The summed E-state index contributed by atoms with van der Waals surface area (Å²) in [6, 6.07) is 0.484. The molecule has 2 aromatic heterocycles. The Morgan fingerprint density at radius 1 is 1.10 bits per heavy atom. The number of pyridine rings is 1. The molecule has 1 aliphatic rings. The van der Waals surface area contributed by atoms with Crippen LogP contribution in [0, 0.1) is 0 Å². The van der Waals surface area contributed by atoms with E-state index in [0.717, 1.165) is 0 Å². The maximum atomic E-state index is 13.6. The van der Waals surface area contributed by atoms with Crippen molar-refractivity contribution in [2.75, 3.05) is 12.3 Å². The third-order valence-corrected chi connectivity index (χ3v) is 4.55. The van der Waals surface area contributed by atoms with E-state index in [-0.39, 0.29) is 25.9 Å². The van der Waals surface area contributed by atoms with E-state index < -0.39 is 65.1 Å². The van der Waals surface area contributed by atoms with Crippen molar-refractivity contribution in [3.05, 3.63) is 17.5 Å². The van der Waals surface area contributed by atoms with Crippen LogP contribution in [0.5, 0.6) is 5.88 Å². The number of alkyl halides is 6. The molecule has 0 amide bonds. The van der Waals surface area contributed by atoms with Gasteiger partial charge in [0.1, 0.15) is 11.7 Å². The van der Waals surface area contributed by atoms with Gasteiger partial charge < -0.3 is 25.1 Å². The molecule has 0 fully saturated rings. The van der Waals surface area contributed by atoms with E-state index in [4.69, 9.17) is 14.9 Å². The van der Waals surface area contributed by atoms with Gasteiger partial charge in [-0.05, 0) is 25.3 Å². The maximum absolute atomic E-state index is 13.6. The van der Waals surface area contributed by atoms with Crippen LogP contribution in [0.25, 0.3) is 11.6 Å². The topological polar surface area (TPSA) is 128 Å². The lowest BCUT2D eigenvalue weighted by Crippen LogP contribution is -2.52. The normalized spacial score (nSPS) is 23.5. The van der Waals surface area contributed by atoms with Gasteiger partial charge in [0.05, 0.1) is 12.3 Å². The highest BCUT2D eigenvalue weighted by Gasteiger charge is 2.63. The minimum absolute atomic E-state index is 0.0104. The fourth-order valence-corrected chi connectivity index (χ4v) is 2.92. The second kappa shape index (κ2) is 7.58. The highest BCUT2D eigenvalue weighted by Crippen LogP contribution is 2.44. The van der Waals surface area contributed by atoms with Crippen molar-refractivity contribution in [1.29, 1.82) is 0 Å². The predicted octanol–water partition coefficient (Wildman–Crippen LogP) is 2.80. The van der Waals surface area contributed by atoms with Crippen LogP contribution in [-0.4, -0.2) is 44.3 Å². The zero-order chi connectivity index (χ0) is 22.3. The number of rotatable bonds is 0. The zero-order valence-electron chi connectivity index (χ0n) is 15.1. The summed E-state index contributed by atoms with van der Waals surface area (Å²) >= 11 is 0. The number of hydrogen-bond donors (Lipinski definition) is 3. The van der Waals surface area contributed by atoms with E-state index >= 15 is 0 Å². The summed E-state index contributed by atoms with van der Waals surface area (Å²) in [4.78, 5) is 3.61. The summed E-state index contributed by atoms with van der Waals surface area (Å²) < 4.78 is 90.5. The second-order valence-corrected chi connectivity index (χ2v) is 6.67. The van der Waals surface area contributed by atoms with Gasteiger partial charge >= 0.3 is 12.4 Å². The van der Waals surface area contributed by atoms with Crippen LogP contribution >= 0.6 is 0 Å². The molecule has 8 nitrogen and oxygen atoms in total. The highest BCUT2D eigenvalue weighted by molar-refractivity contribution is 5.68. The summed E-state index contributed by atoms with van der Waals surface area (Å²) in [5.41, 5.74) is -0.777. The zero-order valence-corrected chi connectivity index (χ0v) is 15.1. The molecule has 4 bridgehead atoms. The Labute approximate surface area is 164 Å². The average Bonchev–Trinajstić information content (AvgIpc) is 3.12. The number of fused-ring (bicyclic) bond motifs is 5. The molecule has 2 aromatic rings. The Morgan fingerprint density at radius 2 is 1.80 bits per heavy atom. The molecule has 4 N–H and O–H groups in total. The van der Waals surface area contributed by atoms with E-state index in [2.05, 4.69) is 15.2 Å². The van der Waals surface area contributed by atoms with Crippen LogP contribution in [0.2, 0.25) is 0 Å². The lowest BCUT2D eigenvalue weighted by Gasteiger charge is -2.31. The summed E-state index contributed by atoms with van der Waals surface area (Å²) in [5, 5.41) is 26.7.